The van der Waals surface area contributed by atoms with E-state index in [0.717, 1.165) is 43.9 Å². The molecule has 7 heteroatoms. The van der Waals surface area contributed by atoms with Crippen LogP contribution in [0.2, 0.25) is 0 Å². The third-order valence-corrected chi connectivity index (χ3v) is 2.65. The molecule has 1 nitrogen and oxygen atoms in total. The molecule has 0 atom stereocenters. The Bertz CT molecular complexity index is 423. The maximum absolute atomic E-state index is 13.2. The maximum atomic E-state index is 13.2. The van der Waals surface area contributed by atoms with Gasteiger partial charge in [-0.05, 0) is 31.7 Å². The van der Waals surface area contributed by atoms with Crippen LogP contribution in [-0.2, 0) is 0 Å². The molecular weight excluding hydrogens is 298 g/mol. The van der Waals surface area contributed by atoms with E-state index in [0.29, 0.717) is 6.61 Å². The molecular formula is C13H16BF4KO. The Morgan fingerprint density at radius 3 is 2.40 bits per heavy atom. The summed E-state index contributed by atoms with van der Waals surface area (Å²) in [5.74, 6) is -1.15. The van der Waals surface area contributed by atoms with Crippen LogP contribution in [0.3, 0.4) is 0 Å². The van der Waals surface area contributed by atoms with Crippen LogP contribution in [0, 0.1) is 5.82 Å². The largest absolute Gasteiger partial charge is 1.00 e. The van der Waals surface area contributed by atoms with Gasteiger partial charge in [-0.3, -0.25) is 0 Å². The van der Waals surface area contributed by atoms with Crippen LogP contribution >= 0.6 is 0 Å². The van der Waals surface area contributed by atoms with Crippen molar-refractivity contribution in [2.75, 3.05) is 6.61 Å². The van der Waals surface area contributed by atoms with Crippen molar-refractivity contribution in [3.05, 3.63) is 36.7 Å². The smallest absolute Gasteiger partial charge is 0.493 e. The molecule has 0 aliphatic carbocycles. The molecule has 0 fully saturated rings. The summed E-state index contributed by atoms with van der Waals surface area (Å²) in [6.45, 7) is -1.34. The summed E-state index contributed by atoms with van der Waals surface area (Å²) in [5, 5.41) is 0. The van der Waals surface area contributed by atoms with Crippen LogP contribution < -0.4 is 61.6 Å². The third-order valence-electron chi connectivity index (χ3n) is 2.65. The molecule has 0 saturated heterocycles. The molecule has 0 aliphatic rings. The van der Waals surface area contributed by atoms with E-state index >= 15 is 0 Å². The Morgan fingerprint density at radius 1 is 1.15 bits per heavy atom. The van der Waals surface area contributed by atoms with Gasteiger partial charge in [0.05, 0.1) is 12.4 Å². The number of halogens is 4. The van der Waals surface area contributed by atoms with Gasteiger partial charge in [0.1, 0.15) is 5.75 Å². The second kappa shape index (κ2) is 10.00. The summed E-state index contributed by atoms with van der Waals surface area (Å²) >= 11 is 0. The van der Waals surface area contributed by atoms with Gasteiger partial charge >= 0.3 is 58.4 Å². The molecule has 106 valence electrons. The monoisotopic (exact) mass is 314 g/mol. The molecule has 1 aromatic rings. The number of hydrogen-bond acceptors (Lipinski definition) is 1. The van der Waals surface area contributed by atoms with Crippen molar-refractivity contribution in [1.82, 2.24) is 0 Å². The number of benzene rings is 1. The first-order chi connectivity index (χ1) is 8.95. The summed E-state index contributed by atoms with van der Waals surface area (Å²) in [5.41, 5.74) is -1.21. The van der Waals surface area contributed by atoms with E-state index in [4.69, 9.17) is 4.74 Å². The Labute approximate surface area is 159 Å². The van der Waals surface area contributed by atoms with E-state index in [-0.39, 0.29) is 57.1 Å². The van der Waals surface area contributed by atoms with Crippen LogP contribution in [0.15, 0.2) is 30.9 Å². The van der Waals surface area contributed by atoms with Crippen molar-refractivity contribution in [3.63, 3.8) is 0 Å². The van der Waals surface area contributed by atoms with Crippen molar-refractivity contribution in [2.24, 2.45) is 0 Å². The predicted octanol–water partition coefficient (Wildman–Crippen LogP) is 1.01. The van der Waals surface area contributed by atoms with Gasteiger partial charge < -0.3 is 17.7 Å². The minimum absolute atomic E-state index is 0. The van der Waals surface area contributed by atoms with Gasteiger partial charge in [0.2, 0.25) is 0 Å². The summed E-state index contributed by atoms with van der Waals surface area (Å²) in [4.78, 5) is 0. The first kappa shape index (κ1) is 20.2. The minimum atomic E-state index is -5.31. The van der Waals surface area contributed by atoms with E-state index in [1.54, 1.807) is 0 Å². The molecule has 0 bridgehead atoms. The van der Waals surface area contributed by atoms with Gasteiger partial charge in [-0.2, -0.15) is 0 Å². The SMILES string of the molecule is C=CCCCCCOc1ccc([B-](F)(F)F)c(F)c1.[K+]. The standard InChI is InChI=1S/C13H16BF4O.K/c1-2-3-4-5-6-9-19-11-7-8-12(13(15)10-11)14(16,17)18;/h2,7-8,10H,1,3-6,9H2;/q-1;+1. The number of allylic oxidation sites excluding steroid dienone is 1. The summed E-state index contributed by atoms with van der Waals surface area (Å²) in [6, 6.07) is 2.66. The van der Waals surface area contributed by atoms with Crippen LogP contribution in [0.4, 0.5) is 17.3 Å². The number of ether oxygens (including phenoxy) is 1. The zero-order valence-electron chi connectivity index (χ0n) is 11.5. The molecule has 1 rings (SSSR count). The molecule has 0 amide bonds. The van der Waals surface area contributed by atoms with E-state index in [1.165, 1.54) is 0 Å². The second-order valence-corrected chi connectivity index (χ2v) is 4.24. The zero-order chi connectivity index (χ0) is 14.3. The minimum Gasteiger partial charge on any atom is -0.493 e. The number of rotatable bonds is 8. The van der Waals surface area contributed by atoms with E-state index in [9.17, 15) is 17.3 Å². The van der Waals surface area contributed by atoms with Gasteiger partial charge in [-0.1, -0.05) is 17.6 Å². The fourth-order valence-electron chi connectivity index (χ4n) is 1.62. The van der Waals surface area contributed by atoms with Gasteiger partial charge in [0.25, 0.3) is 0 Å². The molecule has 0 unspecified atom stereocenters. The molecule has 0 aromatic heterocycles. The Hall–Kier alpha value is 0.181. The summed E-state index contributed by atoms with van der Waals surface area (Å²) in [6.07, 6.45) is 5.47. The first-order valence-corrected chi connectivity index (χ1v) is 6.18. The van der Waals surface area contributed by atoms with Crippen molar-refractivity contribution in [2.45, 2.75) is 25.7 Å². The number of hydrogen-bond donors (Lipinski definition) is 0. The molecule has 0 saturated carbocycles. The molecule has 1 aromatic carbocycles. The molecule has 0 spiro atoms. The first-order valence-electron chi connectivity index (χ1n) is 6.18. The van der Waals surface area contributed by atoms with Crippen molar-refractivity contribution in [1.29, 1.82) is 0 Å². The van der Waals surface area contributed by atoms with Crippen molar-refractivity contribution in [3.8, 4) is 5.75 Å². The van der Waals surface area contributed by atoms with Crippen molar-refractivity contribution < 1.29 is 73.5 Å². The van der Waals surface area contributed by atoms with Gasteiger partial charge in [-0.25, -0.2) is 4.39 Å². The van der Waals surface area contributed by atoms with Crippen LogP contribution in [0.1, 0.15) is 25.7 Å². The van der Waals surface area contributed by atoms with Crippen molar-refractivity contribution >= 4 is 12.4 Å². The fraction of sp³-hybridized carbons (Fsp3) is 0.385. The Kier molecular flexibility index (Phi) is 10.1. The molecule has 0 aliphatic heterocycles. The second-order valence-electron chi connectivity index (χ2n) is 4.24. The predicted molar refractivity (Wildman–Crippen MR) is 69.3 cm³/mol. The van der Waals surface area contributed by atoms with Gasteiger partial charge in [0.15, 0.2) is 0 Å². The zero-order valence-corrected chi connectivity index (χ0v) is 14.7. The molecule has 0 N–H and O–H groups in total. The average molecular weight is 314 g/mol. The van der Waals surface area contributed by atoms with E-state index in [1.807, 2.05) is 6.08 Å². The molecule has 0 radical (unpaired) electrons. The van der Waals surface area contributed by atoms with Crippen LogP contribution in [0.5, 0.6) is 5.75 Å². The van der Waals surface area contributed by atoms with Gasteiger partial charge in [-0.15, -0.1) is 6.58 Å². The quantitative estimate of drug-likeness (QED) is 0.301. The van der Waals surface area contributed by atoms with Crippen LogP contribution in [0.25, 0.3) is 0 Å². The van der Waals surface area contributed by atoms with Crippen LogP contribution in [-0.4, -0.2) is 13.6 Å². The van der Waals surface area contributed by atoms with Gasteiger partial charge in [0, 0.05) is 6.07 Å². The Balaban J connectivity index is 0.00000361. The number of unbranched alkanes of at least 4 members (excludes halogenated alkanes) is 3. The summed E-state index contributed by atoms with van der Waals surface area (Å²) < 4.78 is 55.6. The normalized spacial score (nSPS) is 10.8. The maximum Gasteiger partial charge on any atom is 1.00 e. The van der Waals surface area contributed by atoms with E-state index in [2.05, 4.69) is 6.58 Å². The summed E-state index contributed by atoms with van der Waals surface area (Å²) in [7, 11) is 0. The molecule has 20 heavy (non-hydrogen) atoms. The van der Waals surface area contributed by atoms with E-state index < -0.39 is 18.3 Å². The topological polar surface area (TPSA) is 9.23 Å². The molecule has 0 heterocycles. The third kappa shape index (κ3) is 7.26. The average Bonchev–Trinajstić information content (AvgIpc) is 2.32. The fourth-order valence-corrected chi connectivity index (χ4v) is 1.62. The Morgan fingerprint density at radius 2 is 1.85 bits per heavy atom.